The molecule has 2 amide bonds. The first-order valence-corrected chi connectivity index (χ1v) is 8.50. The van der Waals surface area contributed by atoms with Gasteiger partial charge in [0.2, 0.25) is 11.8 Å². The lowest BCUT2D eigenvalue weighted by Gasteiger charge is -2.43. The molecular weight excluding hydrogens is 320 g/mol. The molecule has 0 bridgehead atoms. The lowest BCUT2D eigenvalue weighted by Crippen LogP contribution is -2.69. The Balaban J connectivity index is 1.83. The maximum Gasteiger partial charge on any atom is 0.292 e. The predicted octanol–water partition coefficient (Wildman–Crippen LogP) is -0.217. The van der Waals surface area contributed by atoms with Gasteiger partial charge in [0, 0.05) is 4.88 Å². The molecule has 1 saturated heterocycles. The molecule has 116 valence electrons. The van der Waals surface area contributed by atoms with Crippen LogP contribution in [-0.2, 0) is 31.0 Å². The Hall–Kier alpha value is -1.49. The van der Waals surface area contributed by atoms with E-state index >= 15 is 0 Å². The number of hydrogen-bond acceptors (Lipinski definition) is 6. The molecule has 2 unspecified atom stereocenters. The minimum absolute atomic E-state index is 0.181. The molecule has 2 atom stereocenters. The van der Waals surface area contributed by atoms with Crippen molar-refractivity contribution >= 4 is 33.3 Å². The fraction of sp³-hybridized carbons (Fsp3) is 0.455. The second kappa shape index (κ2) is 6.10. The van der Waals surface area contributed by atoms with E-state index in [1.165, 1.54) is 11.3 Å². The van der Waals surface area contributed by atoms with Crippen LogP contribution in [-0.4, -0.2) is 47.9 Å². The molecule has 0 aliphatic carbocycles. The third-order valence-electron chi connectivity index (χ3n) is 2.91. The highest BCUT2D eigenvalue weighted by Gasteiger charge is 2.47. The molecule has 0 spiro atoms. The van der Waals surface area contributed by atoms with Crippen molar-refractivity contribution in [3.05, 3.63) is 22.4 Å². The number of rotatable bonds is 6. The van der Waals surface area contributed by atoms with Gasteiger partial charge >= 0.3 is 0 Å². The van der Waals surface area contributed by atoms with Gasteiger partial charge in [0.1, 0.15) is 6.04 Å². The highest BCUT2D eigenvalue weighted by atomic mass is 32.2. The van der Waals surface area contributed by atoms with Crippen molar-refractivity contribution < 1.29 is 27.4 Å². The Labute approximate surface area is 125 Å². The second-order valence-electron chi connectivity index (χ2n) is 4.53. The quantitative estimate of drug-likeness (QED) is 0.549. The van der Waals surface area contributed by atoms with E-state index in [1.54, 1.807) is 6.92 Å². The van der Waals surface area contributed by atoms with E-state index in [4.69, 9.17) is 4.55 Å². The summed E-state index contributed by atoms with van der Waals surface area (Å²) in [6.07, 6.45) is 0.181. The lowest BCUT2D eigenvalue weighted by atomic mass is 10.00. The standard InChI is InChI=1S/C11H14N2O6S2/c1-7-10(11(15)13(7)19-6-21(16,17)18)12-9(14)5-8-3-2-4-20-8/h2-4,7,10H,5-6H2,1H3,(H,12,14)(H,16,17,18). The Morgan fingerprint density at radius 2 is 2.29 bits per heavy atom. The lowest BCUT2D eigenvalue weighted by molar-refractivity contribution is -0.224. The molecule has 2 heterocycles. The van der Waals surface area contributed by atoms with E-state index in [0.717, 1.165) is 9.94 Å². The van der Waals surface area contributed by atoms with E-state index in [9.17, 15) is 18.0 Å². The van der Waals surface area contributed by atoms with Gasteiger partial charge in [0.05, 0.1) is 12.5 Å². The van der Waals surface area contributed by atoms with Gasteiger partial charge in [-0.05, 0) is 18.4 Å². The number of nitrogens with one attached hydrogen (secondary N) is 1. The number of carbonyl (C=O) groups is 2. The van der Waals surface area contributed by atoms with E-state index in [0.29, 0.717) is 0 Å². The average molecular weight is 334 g/mol. The zero-order valence-electron chi connectivity index (χ0n) is 11.1. The topological polar surface area (TPSA) is 113 Å². The maximum absolute atomic E-state index is 11.8. The highest BCUT2D eigenvalue weighted by Crippen LogP contribution is 2.20. The van der Waals surface area contributed by atoms with Crippen LogP contribution in [0.1, 0.15) is 11.8 Å². The zero-order valence-corrected chi connectivity index (χ0v) is 12.7. The second-order valence-corrected chi connectivity index (χ2v) is 6.97. The normalized spacial score (nSPS) is 22.0. The number of β-lactam (4-membered cyclic amide) rings is 1. The number of carbonyl (C=O) groups excluding carboxylic acids is 2. The van der Waals surface area contributed by atoms with Crippen LogP contribution in [0.25, 0.3) is 0 Å². The van der Waals surface area contributed by atoms with E-state index in [1.807, 2.05) is 17.5 Å². The van der Waals surface area contributed by atoms with Crippen molar-refractivity contribution in [3.63, 3.8) is 0 Å². The van der Waals surface area contributed by atoms with Gasteiger partial charge in [-0.15, -0.1) is 11.3 Å². The zero-order chi connectivity index (χ0) is 15.6. The van der Waals surface area contributed by atoms with Crippen LogP contribution in [0.4, 0.5) is 0 Å². The van der Waals surface area contributed by atoms with Gasteiger partial charge in [-0.25, -0.2) is 5.06 Å². The van der Waals surface area contributed by atoms with E-state index in [-0.39, 0.29) is 12.3 Å². The molecule has 0 radical (unpaired) electrons. The van der Waals surface area contributed by atoms with Crippen molar-refractivity contribution in [2.45, 2.75) is 25.4 Å². The van der Waals surface area contributed by atoms with Crippen LogP contribution in [0.5, 0.6) is 0 Å². The number of amides is 2. The van der Waals surface area contributed by atoms with Gasteiger partial charge in [0.25, 0.3) is 16.0 Å². The monoisotopic (exact) mass is 334 g/mol. The summed E-state index contributed by atoms with van der Waals surface area (Å²) in [7, 11) is -4.32. The Morgan fingerprint density at radius 1 is 1.57 bits per heavy atom. The first-order valence-electron chi connectivity index (χ1n) is 6.01. The molecule has 2 rings (SSSR count). The van der Waals surface area contributed by atoms with Crippen molar-refractivity contribution in [1.82, 2.24) is 10.4 Å². The van der Waals surface area contributed by atoms with Gasteiger partial charge in [-0.2, -0.15) is 8.42 Å². The van der Waals surface area contributed by atoms with Crippen LogP contribution in [0.3, 0.4) is 0 Å². The molecule has 8 nitrogen and oxygen atoms in total. The Bertz CT molecular complexity index is 627. The summed E-state index contributed by atoms with van der Waals surface area (Å²) >= 11 is 1.44. The fourth-order valence-electron chi connectivity index (χ4n) is 1.88. The van der Waals surface area contributed by atoms with Crippen LogP contribution >= 0.6 is 11.3 Å². The third-order valence-corrected chi connectivity index (χ3v) is 4.19. The molecule has 1 aromatic rings. The van der Waals surface area contributed by atoms with Gasteiger partial charge in [-0.3, -0.25) is 19.0 Å². The number of thiophene rings is 1. The first-order chi connectivity index (χ1) is 9.78. The molecular formula is C11H14N2O6S2. The minimum atomic E-state index is -4.32. The van der Waals surface area contributed by atoms with Gasteiger partial charge in [-0.1, -0.05) is 6.07 Å². The summed E-state index contributed by atoms with van der Waals surface area (Å²) in [6.45, 7) is 1.60. The molecule has 21 heavy (non-hydrogen) atoms. The Morgan fingerprint density at radius 3 is 2.81 bits per heavy atom. The molecule has 0 saturated carbocycles. The van der Waals surface area contributed by atoms with Crippen molar-refractivity contribution in [3.8, 4) is 0 Å². The maximum atomic E-state index is 11.8. The van der Waals surface area contributed by atoms with Gasteiger partial charge in [0.15, 0.2) is 0 Å². The highest BCUT2D eigenvalue weighted by molar-refractivity contribution is 7.85. The predicted molar refractivity (Wildman–Crippen MR) is 73.8 cm³/mol. The van der Waals surface area contributed by atoms with E-state index in [2.05, 4.69) is 10.2 Å². The number of hydroxylamine groups is 2. The molecule has 2 N–H and O–H groups in total. The van der Waals surface area contributed by atoms with Crippen molar-refractivity contribution in [2.24, 2.45) is 0 Å². The molecule has 1 aliphatic rings. The van der Waals surface area contributed by atoms with Crippen molar-refractivity contribution in [1.29, 1.82) is 0 Å². The number of nitrogens with zero attached hydrogens (tertiary/aromatic N) is 1. The first kappa shape index (κ1) is 15.9. The van der Waals surface area contributed by atoms with E-state index < -0.39 is 34.0 Å². The summed E-state index contributed by atoms with van der Waals surface area (Å²) in [5, 5.41) is 5.24. The smallest absolute Gasteiger partial charge is 0.292 e. The van der Waals surface area contributed by atoms with Crippen LogP contribution in [0.15, 0.2) is 17.5 Å². The Kier molecular flexibility index (Phi) is 4.61. The summed E-state index contributed by atoms with van der Waals surface area (Å²) in [5.41, 5.74) is 0. The molecule has 1 aromatic heterocycles. The molecule has 10 heteroatoms. The average Bonchev–Trinajstić information content (AvgIpc) is 2.87. The van der Waals surface area contributed by atoms with Crippen LogP contribution in [0, 0.1) is 0 Å². The largest absolute Gasteiger partial charge is 0.342 e. The molecule has 0 aromatic carbocycles. The van der Waals surface area contributed by atoms with Crippen LogP contribution in [0.2, 0.25) is 0 Å². The molecule has 1 aliphatic heterocycles. The van der Waals surface area contributed by atoms with Crippen LogP contribution < -0.4 is 5.32 Å². The number of hydrogen-bond donors (Lipinski definition) is 2. The van der Waals surface area contributed by atoms with Gasteiger partial charge < -0.3 is 5.32 Å². The van der Waals surface area contributed by atoms with Crippen molar-refractivity contribution in [2.75, 3.05) is 5.94 Å². The molecule has 1 fully saturated rings. The minimum Gasteiger partial charge on any atom is -0.342 e. The SMILES string of the molecule is CC1C(NC(=O)Cc2cccs2)C(=O)N1OCS(=O)(=O)O. The third kappa shape index (κ3) is 4.00. The summed E-state index contributed by atoms with van der Waals surface area (Å²) in [4.78, 5) is 29.1. The summed E-state index contributed by atoms with van der Waals surface area (Å²) in [6, 6.07) is 2.39. The summed E-state index contributed by atoms with van der Waals surface area (Å²) in [5.74, 6) is -1.85. The summed E-state index contributed by atoms with van der Waals surface area (Å²) < 4.78 is 29.7. The fourth-order valence-corrected chi connectivity index (χ4v) is 2.83.